The van der Waals surface area contributed by atoms with Gasteiger partial charge in [0.2, 0.25) is 16.8 Å². The first-order valence-electron chi connectivity index (χ1n) is 39.0. The SMILES string of the molecule is BrCC1CC1.C.C.C.CI.Cc1ccc(Cl)cc1C(CN=[N+]=[N-])(OCC1CC1)C(F)(F)F.Cc1ccc(Cl)cc1C(O)(CN=[N+]=[N-])C(F)(F)F.Cc1ccc(Cl)cc1C1(C(F)(F)F)CO1.FC(F)(F)C1(OCC2CC2)CNC(=S)Nc2ccc(Cl)cc21.NCC(OCC1CC1)(c1cc(Cl)ccc1N)C(F)(F)F.S=C(Cl)Cl.[H+].[H-].[N-]=[N+]=NCC(OCC1CC1)(c1cc(Cl)ccc1N)C(F)(F)F.[N-]=[N+]=[N-].[Na+].[Na+]. The maximum atomic E-state index is 13.9. The summed E-state index contributed by atoms with van der Waals surface area (Å²) in [5, 5.41) is 26.6. The van der Waals surface area contributed by atoms with Gasteiger partial charge in [-0.15, -0.1) is 0 Å². The van der Waals surface area contributed by atoms with Crippen molar-refractivity contribution >= 4 is 182 Å². The minimum atomic E-state index is -4.98. The van der Waals surface area contributed by atoms with Crippen molar-refractivity contribution in [3.05, 3.63) is 237 Å². The van der Waals surface area contributed by atoms with Gasteiger partial charge in [-0.05, 0) is 273 Å². The van der Waals surface area contributed by atoms with Crippen LogP contribution in [-0.2, 0) is 57.3 Å². The number of anilines is 3. The summed E-state index contributed by atoms with van der Waals surface area (Å²) in [5.74, 6) is 1.64. The molecule has 6 unspecified atom stereocenters. The number of halogens is 28. The maximum Gasteiger partial charge on any atom is 1.00 e. The van der Waals surface area contributed by atoms with Gasteiger partial charge in [0.25, 0.3) is 0 Å². The monoisotopic (exact) mass is 2370 g/mol. The van der Waals surface area contributed by atoms with Crippen LogP contribution < -0.4 is 86.9 Å². The van der Waals surface area contributed by atoms with Gasteiger partial charge in [0.1, 0.15) is 0 Å². The molecule has 13 rings (SSSR count). The molecule has 6 aromatic rings. The van der Waals surface area contributed by atoms with E-state index >= 15 is 0 Å². The first kappa shape index (κ1) is 136. The van der Waals surface area contributed by atoms with Gasteiger partial charge in [0.15, 0.2) is 25.7 Å². The summed E-state index contributed by atoms with van der Waals surface area (Å²) < 4.78 is 268. The third-order valence-corrected chi connectivity index (χ3v) is 23.1. The molecule has 6 aromatic carbocycles. The Labute approximate surface area is 906 Å². The number of hydrogen-bond acceptors (Lipinski definition) is 14. The van der Waals surface area contributed by atoms with Gasteiger partial charge in [-0.3, -0.25) is 4.91 Å². The smallest absolute Gasteiger partial charge is 1.00 e. The molecule has 0 radical (unpaired) electrons. The Bertz CT molecular complexity index is 4970. The summed E-state index contributed by atoms with van der Waals surface area (Å²) in [5.41, 5.74) is 39.6. The number of nitrogens with one attached hydrogen (secondary N) is 2. The molecule has 9 N–H and O–H groups in total. The molecule has 5 aliphatic carbocycles. The fourth-order valence-electron chi connectivity index (χ4n) is 12.1. The molecule has 55 heteroatoms. The van der Waals surface area contributed by atoms with Crippen LogP contribution in [0.2, 0.25) is 30.1 Å². The van der Waals surface area contributed by atoms with E-state index < -0.39 is 109 Å². The third kappa shape index (κ3) is 40.0. The summed E-state index contributed by atoms with van der Waals surface area (Å²) in [4.78, 5) is 10.6. The molecule has 762 valence electrons. The summed E-state index contributed by atoms with van der Waals surface area (Å²) in [7, 11) is 0. The molecular formula is C83H100BrCl8F18IN17Na2O6S2+. The van der Waals surface area contributed by atoms with Crippen molar-refractivity contribution in [3.8, 4) is 0 Å². The van der Waals surface area contributed by atoms with E-state index in [0.29, 0.717) is 11.1 Å². The van der Waals surface area contributed by atoms with Crippen molar-refractivity contribution in [3.63, 3.8) is 0 Å². The number of epoxide rings is 1. The molecule has 138 heavy (non-hydrogen) atoms. The fraction of sp³-hybridized carbons (Fsp3) is 0.542. The van der Waals surface area contributed by atoms with Crippen LogP contribution in [0, 0.1) is 50.4 Å². The number of fused-ring (bicyclic) bond motifs is 1. The van der Waals surface area contributed by atoms with Gasteiger partial charge in [-0.2, -0.15) is 79.0 Å². The molecule has 7 aliphatic rings. The van der Waals surface area contributed by atoms with E-state index in [1.54, 1.807) is 26.0 Å². The van der Waals surface area contributed by atoms with Gasteiger partial charge in [0.05, 0.1) is 59.2 Å². The Hall–Kier alpha value is -4.07. The Morgan fingerprint density at radius 1 is 0.507 bits per heavy atom. The number of ether oxygens (including phenoxy) is 5. The number of hydrogen-bond donors (Lipinski definition) is 6. The van der Waals surface area contributed by atoms with E-state index in [4.69, 9.17) is 169 Å². The Kier molecular flexibility index (Phi) is 59.4. The second-order valence-corrected chi connectivity index (χ2v) is 35.9. The van der Waals surface area contributed by atoms with Gasteiger partial charge >= 0.3 is 97.6 Å². The number of nitrogens with two attached hydrogens (primary N) is 3. The average Bonchev–Trinajstić information content (AvgIpc) is 1.56. The van der Waals surface area contributed by atoms with Crippen molar-refractivity contribution in [2.75, 3.05) is 92.8 Å². The van der Waals surface area contributed by atoms with Gasteiger partial charge < -0.3 is 69.1 Å². The number of rotatable bonds is 25. The zero-order chi connectivity index (χ0) is 101. The predicted molar refractivity (Wildman–Crippen MR) is 520 cm³/mol. The molecule has 23 nitrogen and oxygen atoms in total. The first-order chi connectivity index (χ1) is 61.9. The van der Waals surface area contributed by atoms with Crippen LogP contribution in [0.3, 0.4) is 0 Å². The van der Waals surface area contributed by atoms with E-state index in [2.05, 4.69) is 96.2 Å². The van der Waals surface area contributed by atoms with E-state index in [0.717, 1.165) is 69.4 Å². The quantitative estimate of drug-likeness (QED) is 0.00266. The number of benzene rings is 6. The molecule has 6 atom stereocenters. The van der Waals surface area contributed by atoms with Crippen LogP contribution in [0.5, 0.6) is 0 Å². The number of nitrogen functional groups attached to an aromatic ring is 2. The second-order valence-electron chi connectivity index (χ2n) is 30.4. The average molecular weight is 2370 g/mol. The summed E-state index contributed by atoms with van der Waals surface area (Å²) in [6, 6.07) is 24.4. The Morgan fingerprint density at radius 2 is 0.819 bits per heavy atom. The molecule has 0 spiro atoms. The number of azide groups is 3. The molecule has 5 saturated carbocycles. The van der Waals surface area contributed by atoms with Crippen molar-refractivity contribution in [1.29, 1.82) is 0 Å². The molecule has 2 heterocycles. The Morgan fingerprint density at radius 3 is 1.15 bits per heavy atom. The molecule has 2 aliphatic heterocycles. The fourth-order valence-corrected chi connectivity index (χ4v) is 14.0. The van der Waals surface area contributed by atoms with Crippen LogP contribution >= 0.6 is 156 Å². The van der Waals surface area contributed by atoms with Crippen LogP contribution in [0.15, 0.2) is 125 Å². The summed E-state index contributed by atoms with van der Waals surface area (Å²) in [6.07, 6.45) is -18.3. The number of thiocarbonyl (C=S) groups is 2. The number of aryl methyl sites for hydroxylation is 3. The first-order valence-corrected chi connectivity index (χ1v) is 46.1. The van der Waals surface area contributed by atoms with Gasteiger partial charge in [-0.1, -0.05) is 199 Å². The zero-order valence-corrected chi connectivity index (χ0v) is 87.5. The minimum absolute atomic E-state index is 0. The van der Waals surface area contributed by atoms with Crippen molar-refractivity contribution in [1.82, 2.24) is 5.32 Å². The number of nitrogens with zero attached hydrogens (tertiary/aromatic N) is 12. The molecular weight excluding hydrogens is 2270 g/mol. The number of alkyl halides is 20. The van der Waals surface area contributed by atoms with Crippen LogP contribution in [0.4, 0.5) is 96.1 Å². The maximum absolute atomic E-state index is 13.9. The van der Waals surface area contributed by atoms with Crippen molar-refractivity contribution in [2.24, 2.45) is 50.7 Å². The van der Waals surface area contributed by atoms with E-state index in [-0.39, 0.29) is 230 Å². The van der Waals surface area contributed by atoms with Crippen LogP contribution in [0.25, 0.3) is 47.3 Å². The largest absolute Gasteiger partial charge is 1.00 e. The van der Waals surface area contributed by atoms with Gasteiger partial charge in [0, 0.05) is 90.5 Å². The van der Waals surface area contributed by atoms with Crippen molar-refractivity contribution in [2.45, 2.75) is 178 Å². The molecule has 0 amide bonds. The molecule has 0 aromatic heterocycles. The van der Waals surface area contributed by atoms with Crippen LogP contribution in [-0.4, -0.2) is 127 Å². The van der Waals surface area contributed by atoms with Crippen LogP contribution in [0.1, 0.15) is 139 Å². The Balaban J connectivity index is -0.000000765. The minimum Gasteiger partial charge on any atom is -1.00 e. The van der Waals surface area contributed by atoms with E-state index in [9.17, 15) is 84.1 Å². The molecule has 1 saturated heterocycles. The molecule has 0 bridgehead atoms. The third-order valence-electron chi connectivity index (χ3n) is 20.5. The van der Waals surface area contributed by atoms with E-state index in [1.807, 2.05) is 4.93 Å². The summed E-state index contributed by atoms with van der Waals surface area (Å²) >= 11 is 58.8. The topological polar surface area (TPSA) is 377 Å². The second kappa shape index (κ2) is 60.3. The summed E-state index contributed by atoms with van der Waals surface area (Å²) in [6.45, 7) is 0.0522. The molecule has 6 fully saturated rings. The van der Waals surface area contributed by atoms with Gasteiger partial charge in [-0.25, -0.2) is 0 Å². The standard InChI is InChI=1S/C14H15ClF3N3O.C14H14ClF3N2OS.C13H14ClF3N4O.C13H16ClF3N2O.C10H9ClF3N3O.C10H8ClF3O.C4H7Br.CCl2S.CH3I.3CH4.N3.2Na.H/c1-9-2-5-11(15)6-12(9)13(8-20-21-19,14(16,17)18)22-7-10-3-4-10;15-9-3-4-11-10(5-9)13(14(16,17)18,7-19-12(22)20-11)21-6-8-1-2-8;14-9-3-4-11(18)10(5-9)12(7-20-21-19,13(15,16)17)22-6-8-1-2-8;14-9-3-4-11(19)10(5-9)12(7-18,13(15,16)17)20-6-8-1-2-8;1-6-2-3-7(11)4-8(6)9(18,5-16-17-15)10(12,13)14;1-6-2-3-7(11)4-8(6)9(5-15-9)10(12,13)14;5-3-4-1-2-4;2-1(3)4;1-2;;;;1-3-2;;;/h2,5-6,10H,3-4,7-8H2,1H3;3-5,8H,1-2,6-7H2,(H2,19,20,22);3-5,8H,1-2,6-7,18H2;3-5,8H,1-2,6-7,18-19H2;2-4,18H,5H2,1H3;2-4H,5H2,1H3;4H,1-3H2;;1H3;3*1H4;;;;/q;;;;;;;;;;;;-1;2*+1;-1/p+1. The number of aliphatic hydroxyl groups is 1. The van der Waals surface area contributed by atoms with E-state index in [1.165, 1.54) is 115 Å². The predicted octanol–water partition coefficient (Wildman–Crippen LogP) is 25.2. The van der Waals surface area contributed by atoms with Crippen molar-refractivity contribution < 1.29 is 170 Å². The normalized spacial score (nSPS) is 18.2. The zero-order valence-electron chi connectivity index (χ0n) is 74.1.